The van der Waals surface area contributed by atoms with Crippen molar-refractivity contribution < 1.29 is 9.47 Å². The lowest BCUT2D eigenvalue weighted by atomic mass is 9.76. The lowest BCUT2D eigenvalue weighted by Crippen LogP contribution is -2.58. The van der Waals surface area contributed by atoms with Gasteiger partial charge in [-0.3, -0.25) is 0 Å². The third kappa shape index (κ3) is 1.68. The average molecular weight is 322 g/mol. The second-order valence-corrected chi connectivity index (χ2v) is 6.97. The fraction of sp³-hybridized carbons (Fsp3) is 0.300. The first-order valence-corrected chi connectivity index (χ1v) is 8.10. The number of methoxy groups -OCH3 is 1. The van der Waals surface area contributed by atoms with Gasteiger partial charge in [-0.25, -0.2) is 0 Å². The number of nitrogen functional groups attached to an aromatic ring is 1. The zero-order valence-corrected chi connectivity index (χ0v) is 14.5. The molecule has 4 nitrogen and oxygen atoms in total. The number of rotatable bonds is 1. The standard InChI is InChI=1S/C20H22N2O2/c1-19(2)15-12-14(21)8-9-16(15)22(3)20(19)11-10-13-6-5-7-17(23-4)18(13)24-20/h5-12H,21H2,1-4H3. The number of para-hydroxylation sites is 1. The predicted molar refractivity (Wildman–Crippen MR) is 97.7 cm³/mol. The molecule has 0 amide bonds. The molecule has 2 aromatic rings. The van der Waals surface area contributed by atoms with Crippen molar-refractivity contribution >= 4 is 17.5 Å². The van der Waals surface area contributed by atoms with Crippen LogP contribution in [0.3, 0.4) is 0 Å². The Balaban J connectivity index is 1.91. The van der Waals surface area contributed by atoms with Crippen molar-refractivity contribution in [2.45, 2.75) is 25.0 Å². The summed E-state index contributed by atoms with van der Waals surface area (Å²) in [6.45, 7) is 4.39. The Labute approximate surface area is 142 Å². The van der Waals surface area contributed by atoms with Crippen LogP contribution in [0.2, 0.25) is 0 Å². The summed E-state index contributed by atoms with van der Waals surface area (Å²) in [5.74, 6) is 1.53. The van der Waals surface area contributed by atoms with Gasteiger partial charge in [0.05, 0.1) is 12.5 Å². The summed E-state index contributed by atoms with van der Waals surface area (Å²) in [6.07, 6.45) is 4.26. The number of ether oxygens (including phenoxy) is 2. The molecule has 0 fully saturated rings. The van der Waals surface area contributed by atoms with E-state index >= 15 is 0 Å². The van der Waals surface area contributed by atoms with E-state index in [1.54, 1.807) is 7.11 Å². The molecular formula is C20H22N2O2. The normalized spacial score (nSPS) is 22.9. The first-order valence-electron chi connectivity index (χ1n) is 8.10. The van der Waals surface area contributed by atoms with Crippen molar-refractivity contribution in [3.63, 3.8) is 0 Å². The number of likely N-dealkylation sites (N-methyl/N-ethyl adjacent to an activating group) is 1. The van der Waals surface area contributed by atoms with Gasteiger partial charge in [0.25, 0.3) is 0 Å². The van der Waals surface area contributed by atoms with E-state index in [9.17, 15) is 0 Å². The van der Waals surface area contributed by atoms with Crippen molar-refractivity contribution in [3.05, 3.63) is 53.6 Å². The molecule has 2 N–H and O–H groups in total. The lowest BCUT2D eigenvalue weighted by molar-refractivity contribution is 0.0552. The molecule has 0 aliphatic carbocycles. The summed E-state index contributed by atoms with van der Waals surface area (Å²) in [6, 6.07) is 12.0. The first kappa shape index (κ1) is 14.9. The second-order valence-electron chi connectivity index (χ2n) is 6.97. The van der Waals surface area contributed by atoms with Crippen molar-refractivity contribution in [1.82, 2.24) is 0 Å². The average Bonchev–Trinajstić information content (AvgIpc) is 2.73. The van der Waals surface area contributed by atoms with Gasteiger partial charge >= 0.3 is 0 Å². The van der Waals surface area contributed by atoms with Gasteiger partial charge in [-0.15, -0.1) is 0 Å². The van der Waals surface area contributed by atoms with Gasteiger partial charge in [0.2, 0.25) is 5.72 Å². The summed E-state index contributed by atoms with van der Waals surface area (Å²) in [5.41, 5.74) is 9.26. The number of nitrogens with zero attached hydrogens (tertiary/aromatic N) is 1. The highest BCUT2D eigenvalue weighted by Crippen LogP contribution is 2.55. The van der Waals surface area contributed by atoms with Crippen molar-refractivity contribution in [2.75, 3.05) is 24.8 Å². The molecule has 4 rings (SSSR count). The summed E-state index contributed by atoms with van der Waals surface area (Å²) < 4.78 is 12.1. The molecule has 1 spiro atoms. The van der Waals surface area contributed by atoms with Crippen LogP contribution in [0, 0.1) is 0 Å². The Kier molecular flexibility index (Phi) is 2.92. The van der Waals surface area contributed by atoms with Gasteiger partial charge in [0.1, 0.15) is 0 Å². The molecule has 2 heterocycles. The van der Waals surface area contributed by atoms with Crippen LogP contribution in [0.25, 0.3) is 6.08 Å². The van der Waals surface area contributed by atoms with Crippen molar-refractivity contribution in [2.24, 2.45) is 0 Å². The highest BCUT2D eigenvalue weighted by molar-refractivity contribution is 5.75. The van der Waals surface area contributed by atoms with E-state index in [0.717, 1.165) is 28.4 Å². The zero-order chi connectivity index (χ0) is 17.1. The minimum Gasteiger partial charge on any atom is -0.493 e. The molecule has 124 valence electrons. The topological polar surface area (TPSA) is 47.7 Å². The molecule has 1 atom stereocenters. The molecular weight excluding hydrogens is 300 g/mol. The minimum absolute atomic E-state index is 0.276. The van der Waals surface area contributed by atoms with Crippen LogP contribution in [0.5, 0.6) is 11.5 Å². The van der Waals surface area contributed by atoms with Crippen LogP contribution in [-0.2, 0) is 5.41 Å². The summed E-state index contributed by atoms with van der Waals surface area (Å²) in [7, 11) is 3.73. The fourth-order valence-electron chi connectivity index (χ4n) is 3.98. The molecule has 1 unspecified atom stereocenters. The third-order valence-electron chi connectivity index (χ3n) is 5.42. The van der Waals surface area contributed by atoms with E-state index in [2.05, 4.69) is 50.1 Å². The third-order valence-corrected chi connectivity index (χ3v) is 5.42. The highest BCUT2D eigenvalue weighted by Gasteiger charge is 2.57. The van der Waals surface area contributed by atoms with E-state index in [1.807, 2.05) is 24.3 Å². The quantitative estimate of drug-likeness (QED) is 0.811. The summed E-state index contributed by atoms with van der Waals surface area (Å²) in [4.78, 5) is 2.19. The Morgan fingerprint density at radius 1 is 1.17 bits per heavy atom. The Morgan fingerprint density at radius 2 is 1.96 bits per heavy atom. The maximum atomic E-state index is 6.63. The van der Waals surface area contributed by atoms with Gasteiger partial charge in [-0.2, -0.15) is 0 Å². The number of anilines is 2. The van der Waals surface area contributed by atoms with Crippen molar-refractivity contribution in [3.8, 4) is 11.5 Å². The van der Waals surface area contributed by atoms with Crippen molar-refractivity contribution in [1.29, 1.82) is 0 Å². The number of fused-ring (bicyclic) bond motifs is 2. The van der Waals surface area contributed by atoms with Crippen LogP contribution < -0.4 is 20.1 Å². The van der Waals surface area contributed by atoms with Crippen LogP contribution in [0.4, 0.5) is 11.4 Å². The fourth-order valence-corrected chi connectivity index (χ4v) is 3.98. The SMILES string of the molecule is COc1cccc2c1OC1(C=C2)N(C)c2ccc(N)cc2C1(C)C. The van der Waals surface area contributed by atoms with E-state index in [4.69, 9.17) is 15.2 Å². The van der Waals surface area contributed by atoms with Gasteiger partial charge in [0.15, 0.2) is 11.5 Å². The van der Waals surface area contributed by atoms with E-state index < -0.39 is 5.72 Å². The predicted octanol–water partition coefficient (Wildman–Crippen LogP) is 3.81. The summed E-state index contributed by atoms with van der Waals surface area (Å²) in [5, 5.41) is 0. The molecule has 24 heavy (non-hydrogen) atoms. The Hall–Kier alpha value is -2.62. The van der Waals surface area contributed by atoms with Gasteiger partial charge in [0, 0.05) is 24.0 Å². The van der Waals surface area contributed by atoms with Gasteiger partial charge in [-0.05, 0) is 55.8 Å². The molecule has 0 bridgehead atoms. The minimum atomic E-state index is -0.620. The smallest absolute Gasteiger partial charge is 0.212 e. The van der Waals surface area contributed by atoms with Gasteiger partial charge in [-0.1, -0.05) is 12.1 Å². The molecule has 2 aromatic carbocycles. The molecule has 2 aliphatic rings. The molecule has 0 saturated carbocycles. The maximum absolute atomic E-state index is 6.63. The van der Waals surface area contributed by atoms with Crippen LogP contribution in [-0.4, -0.2) is 19.9 Å². The highest BCUT2D eigenvalue weighted by atomic mass is 16.5. The molecule has 4 heteroatoms. The van der Waals surface area contributed by atoms with E-state index in [-0.39, 0.29) is 5.41 Å². The molecule has 2 aliphatic heterocycles. The molecule has 0 radical (unpaired) electrons. The Bertz CT molecular complexity index is 857. The van der Waals surface area contributed by atoms with E-state index in [1.165, 1.54) is 5.56 Å². The first-order chi connectivity index (χ1) is 11.4. The monoisotopic (exact) mass is 322 g/mol. The zero-order valence-electron chi connectivity index (χ0n) is 14.5. The maximum Gasteiger partial charge on any atom is 0.212 e. The van der Waals surface area contributed by atoms with Crippen LogP contribution >= 0.6 is 0 Å². The number of nitrogens with two attached hydrogens (primary N) is 1. The Morgan fingerprint density at radius 3 is 2.71 bits per heavy atom. The largest absolute Gasteiger partial charge is 0.493 e. The molecule has 0 aromatic heterocycles. The van der Waals surface area contributed by atoms with Crippen LogP contribution in [0.15, 0.2) is 42.5 Å². The van der Waals surface area contributed by atoms with E-state index in [0.29, 0.717) is 0 Å². The molecule has 0 saturated heterocycles. The number of hydrogen-bond acceptors (Lipinski definition) is 4. The number of hydrogen-bond donors (Lipinski definition) is 1. The number of benzene rings is 2. The second kappa shape index (κ2) is 4.69. The van der Waals surface area contributed by atoms with Gasteiger partial charge < -0.3 is 20.1 Å². The lowest BCUT2D eigenvalue weighted by Gasteiger charge is -2.46. The van der Waals surface area contributed by atoms with Crippen LogP contribution in [0.1, 0.15) is 25.0 Å². The summed E-state index contributed by atoms with van der Waals surface area (Å²) >= 11 is 0.